The summed E-state index contributed by atoms with van der Waals surface area (Å²) in [5.74, 6) is -2.16. The van der Waals surface area contributed by atoms with Crippen LogP contribution in [0.3, 0.4) is 0 Å². The monoisotopic (exact) mass is 1400 g/mol. The highest BCUT2D eigenvalue weighted by Crippen LogP contribution is 2.45. The van der Waals surface area contributed by atoms with Crippen LogP contribution in [0.5, 0.6) is 0 Å². The SMILES string of the molecule is CCCC/C=C\CCCCCCCC(=O)OC(COC(=O)CCCCCCC/C=C\C/C=C\CCCCC)COP(=O)(O)OCC(O)COP(=O)(O)OCC(COC(=O)CCCCCCCCCCCCCCCCC)OC(=O)CCCCCCCCCCCCCCCCC. The zero-order valence-corrected chi connectivity index (χ0v) is 63.4. The number of hydrogen-bond donors (Lipinski definition) is 3. The molecule has 5 unspecified atom stereocenters. The average molecular weight is 1400 g/mol. The summed E-state index contributed by atoms with van der Waals surface area (Å²) in [5.41, 5.74) is 0. The first-order valence-corrected chi connectivity index (χ1v) is 42.2. The summed E-state index contributed by atoms with van der Waals surface area (Å²) >= 11 is 0. The van der Waals surface area contributed by atoms with Gasteiger partial charge in [-0.15, -0.1) is 0 Å². The summed E-state index contributed by atoms with van der Waals surface area (Å²) in [5, 5.41) is 10.6. The summed E-state index contributed by atoms with van der Waals surface area (Å²) in [4.78, 5) is 72.8. The molecule has 3 N–H and O–H groups in total. The highest BCUT2D eigenvalue weighted by molar-refractivity contribution is 7.47. The number of ether oxygens (including phenoxy) is 4. The molecular weight excluding hydrogens is 1260 g/mol. The van der Waals surface area contributed by atoms with Crippen LogP contribution in [0.15, 0.2) is 36.5 Å². The van der Waals surface area contributed by atoms with Crippen LogP contribution in [0.2, 0.25) is 0 Å². The molecule has 0 saturated heterocycles. The minimum Gasteiger partial charge on any atom is -0.462 e. The van der Waals surface area contributed by atoms with Gasteiger partial charge in [-0.05, 0) is 77.0 Å². The number of allylic oxidation sites excluding steroid dienone is 6. The van der Waals surface area contributed by atoms with Crippen LogP contribution in [0.1, 0.15) is 374 Å². The zero-order valence-electron chi connectivity index (χ0n) is 61.6. The van der Waals surface area contributed by atoms with Crippen LogP contribution < -0.4 is 0 Å². The molecule has 96 heavy (non-hydrogen) atoms. The van der Waals surface area contributed by atoms with E-state index in [2.05, 4.69) is 64.2 Å². The van der Waals surface area contributed by atoms with Gasteiger partial charge in [0.25, 0.3) is 0 Å². The quantitative estimate of drug-likeness (QED) is 0.0169. The van der Waals surface area contributed by atoms with E-state index in [0.29, 0.717) is 25.7 Å². The van der Waals surface area contributed by atoms with Gasteiger partial charge in [0.15, 0.2) is 12.2 Å². The van der Waals surface area contributed by atoms with Crippen LogP contribution in [0.25, 0.3) is 0 Å². The van der Waals surface area contributed by atoms with Crippen molar-refractivity contribution >= 4 is 39.5 Å². The fourth-order valence-electron chi connectivity index (χ4n) is 11.1. The van der Waals surface area contributed by atoms with Crippen molar-refractivity contribution in [3.8, 4) is 0 Å². The standard InChI is InChI=1S/C77H144O17P2/c1-5-9-13-17-21-25-29-32-35-38-42-45-49-53-57-61-74(79)87-67-72(93-76(81)63-59-55-51-47-41-28-24-20-16-12-8-4)69-91-95(83,84)89-65-71(78)66-90-96(85,86)92-70-73(94-77(82)64-60-56-52-48-44-40-37-34-31-27-23-19-15-11-7-3)68-88-75(80)62-58-54-50-46-43-39-36-33-30-26-22-18-14-10-6-2/h20-21,24-25,32,35,71-73,78H,5-19,22-23,26-31,33-34,36-70H2,1-4H3,(H,83,84)(H,85,86)/b24-20-,25-21-,35-32-. The van der Waals surface area contributed by atoms with Gasteiger partial charge in [0.05, 0.1) is 26.4 Å². The van der Waals surface area contributed by atoms with E-state index in [1.807, 2.05) is 0 Å². The molecule has 0 aliphatic rings. The van der Waals surface area contributed by atoms with E-state index in [0.717, 1.165) is 128 Å². The molecule has 0 amide bonds. The van der Waals surface area contributed by atoms with Gasteiger partial charge in [0.2, 0.25) is 0 Å². The van der Waals surface area contributed by atoms with E-state index in [-0.39, 0.29) is 25.7 Å². The van der Waals surface area contributed by atoms with Crippen molar-refractivity contribution in [3.63, 3.8) is 0 Å². The minimum absolute atomic E-state index is 0.0870. The van der Waals surface area contributed by atoms with Crippen molar-refractivity contribution < 1.29 is 80.2 Å². The number of esters is 4. The number of phosphoric ester groups is 2. The van der Waals surface area contributed by atoms with Gasteiger partial charge in [-0.1, -0.05) is 308 Å². The van der Waals surface area contributed by atoms with Crippen LogP contribution in [0.4, 0.5) is 0 Å². The van der Waals surface area contributed by atoms with Gasteiger partial charge in [0, 0.05) is 25.7 Å². The third kappa shape index (κ3) is 69.7. The first kappa shape index (κ1) is 93.3. The zero-order chi connectivity index (χ0) is 70.4. The fraction of sp³-hybridized carbons (Fsp3) is 0.870. The fourth-order valence-corrected chi connectivity index (χ4v) is 12.6. The maximum atomic E-state index is 13.1. The molecule has 564 valence electrons. The van der Waals surface area contributed by atoms with E-state index in [9.17, 15) is 43.2 Å². The summed E-state index contributed by atoms with van der Waals surface area (Å²) < 4.78 is 68.5. The number of unbranched alkanes of at least 4 members (excludes halogenated alkanes) is 43. The normalized spacial score (nSPS) is 14.1. The van der Waals surface area contributed by atoms with Crippen LogP contribution in [-0.2, 0) is 65.4 Å². The highest BCUT2D eigenvalue weighted by atomic mass is 31.2. The second-order valence-electron chi connectivity index (χ2n) is 26.7. The number of carbonyl (C=O) groups is 4. The van der Waals surface area contributed by atoms with Crippen molar-refractivity contribution in [2.24, 2.45) is 0 Å². The van der Waals surface area contributed by atoms with E-state index >= 15 is 0 Å². The summed E-state index contributed by atoms with van der Waals surface area (Å²) in [6.45, 7) is 4.87. The van der Waals surface area contributed by atoms with Gasteiger partial charge >= 0.3 is 39.5 Å². The van der Waals surface area contributed by atoms with Gasteiger partial charge in [0.1, 0.15) is 19.3 Å². The summed E-state index contributed by atoms with van der Waals surface area (Å²) in [6, 6.07) is 0. The molecule has 0 spiro atoms. The lowest BCUT2D eigenvalue weighted by Gasteiger charge is -2.21. The molecule has 0 aromatic heterocycles. The Kier molecular flexibility index (Phi) is 68.7. The molecule has 0 aliphatic heterocycles. The largest absolute Gasteiger partial charge is 0.472 e. The van der Waals surface area contributed by atoms with Crippen molar-refractivity contribution in [1.29, 1.82) is 0 Å². The topological polar surface area (TPSA) is 237 Å². The van der Waals surface area contributed by atoms with Crippen molar-refractivity contribution in [2.75, 3.05) is 39.6 Å². The van der Waals surface area contributed by atoms with Crippen molar-refractivity contribution in [3.05, 3.63) is 36.5 Å². The predicted octanol–water partition coefficient (Wildman–Crippen LogP) is 22.3. The Morgan fingerprint density at radius 2 is 0.521 bits per heavy atom. The Morgan fingerprint density at radius 3 is 0.833 bits per heavy atom. The van der Waals surface area contributed by atoms with Gasteiger partial charge in [-0.2, -0.15) is 0 Å². The molecule has 0 aromatic carbocycles. The van der Waals surface area contributed by atoms with Crippen molar-refractivity contribution in [1.82, 2.24) is 0 Å². The van der Waals surface area contributed by atoms with Crippen molar-refractivity contribution in [2.45, 2.75) is 393 Å². The molecule has 0 bridgehead atoms. The lowest BCUT2D eigenvalue weighted by molar-refractivity contribution is -0.161. The first-order chi connectivity index (χ1) is 46.7. The lowest BCUT2D eigenvalue weighted by Crippen LogP contribution is -2.30. The number of aliphatic hydroxyl groups excluding tert-OH is 1. The Bertz CT molecular complexity index is 1970. The third-order valence-corrected chi connectivity index (χ3v) is 19.0. The lowest BCUT2D eigenvalue weighted by atomic mass is 10.0. The second-order valence-corrected chi connectivity index (χ2v) is 29.6. The van der Waals surface area contributed by atoms with E-state index in [1.165, 1.54) is 167 Å². The number of carbonyl (C=O) groups excluding carboxylic acids is 4. The Morgan fingerprint density at radius 1 is 0.292 bits per heavy atom. The third-order valence-electron chi connectivity index (χ3n) is 17.1. The molecule has 0 aromatic rings. The number of rotatable bonds is 75. The minimum atomic E-state index is -4.97. The smallest absolute Gasteiger partial charge is 0.462 e. The van der Waals surface area contributed by atoms with Crippen LogP contribution in [-0.4, -0.2) is 96.7 Å². The molecule has 0 saturated carbocycles. The highest BCUT2D eigenvalue weighted by Gasteiger charge is 2.30. The first-order valence-electron chi connectivity index (χ1n) is 39.2. The number of phosphoric acid groups is 2. The number of aliphatic hydroxyl groups is 1. The molecule has 0 rings (SSSR count). The molecule has 0 radical (unpaired) electrons. The predicted molar refractivity (Wildman–Crippen MR) is 391 cm³/mol. The summed E-state index contributed by atoms with van der Waals surface area (Å²) in [7, 11) is -9.93. The molecule has 5 atom stereocenters. The maximum Gasteiger partial charge on any atom is 0.472 e. The Hall–Kier alpha value is -2.72. The molecule has 0 heterocycles. The van der Waals surface area contributed by atoms with E-state index in [1.54, 1.807) is 0 Å². The molecule has 0 aliphatic carbocycles. The number of hydrogen-bond acceptors (Lipinski definition) is 15. The van der Waals surface area contributed by atoms with Gasteiger partial charge in [-0.25, -0.2) is 9.13 Å². The second kappa shape index (κ2) is 70.7. The molecule has 19 heteroatoms. The molecule has 17 nitrogen and oxygen atoms in total. The van der Waals surface area contributed by atoms with E-state index in [4.69, 9.17) is 37.0 Å². The molecule has 0 fully saturated rings. The van der Waals surface area contributed by atoms with Gasteiger partial charge in [-0.3, -0.25) is 37.3 Å². The Labute approximate surface area is 585 Å². The van der Waals surface area contributed by atoms with Crippen LogP contribution in [0, 0.1) is 0 Å². The average Bonchev–Trinajstić information content (AvgIpc) is 1.98. The summed E-state index contributed by atoms with van der Waals surface area (Å²) in [6.07, 6.45) is 65.6. The maximum absolute atomic E-state index is 13.1. The molecular formula is C77H144O17P2. The van der Waals surface area contributed by atoms with Gasteiger partial charge < -0.3 is 33.8 Å². The van der Waals surface area contributed by atoms with E-state index < -0.39 is 97.5 Å². The Balaban J connectivity index is 5.28. The van der Waals surface area contributed by atoms with Crippen LogP contribution >= 0.6 is 15.6 Å².